The Morgan fingerprint density at radius 3 is 2.35 bits per heavy atom. The smallest absolute Gasteiger partial charge is 0.234 e. The number of benzene rings is 2. The van der Waals surface area contributed by atoms with Crippen molar-refractivity contribution in [3.63, 3.8) is 0 Å². The first kappa shape index (κ1) is 17.0. The molecule has 0 aliphatic carbocycles. The fourth-order valence-electron chi connectivity index (χ4n) is 1.79. The highest BCUT2D eigenvalue weighted by molar-refractivity contribution is 8.00. The van der Waals surface area contributed by atoms with Crippen molar-refractivity contribution in [2.45, 2.75) is 11.8 Å². The lowest BCUT2D eigenvalue weighted by atomic mass is 10.2. The first-order chi connectivity index (χ1) is 10.9. The molecule has 0 radical (unpaired) electrons. The van der Waals surface area contributed by atoms with Gasteiger partial charge in [-0.2, -0.15) is 0 Å². The van der Waals surface area contributed by atoms with Gasteiger partial charge in [-0.15, -0.1) is 11.8 Å². The first-order valence-corrected chi connectivity index (χ1v) is 7.68. The molecule has 0 bridgehead atoms. The first-order valence-electron chi connectivity index (χ1n) is 6.69. The van der Waals surface area contributed by atoms with E-state index in [2.05, 4.69) is 10.6 Å². The minimum atomic E-state index is -0.946. The molecule has 0 saturated carbocycles. The van der Waals surface area contributed by atoms with Crippen LogP contribution >= 0.6 is 11.8 Å². The molecule has 0 fully saturated rings. The molecule has 120 valence electrons. The molecule has 0 atom stereocenters. The van der Waals surface area contributed by atoms with Gasteiger partial charge in [-0.1, -0.05) is 6.07 Å². The number of rotatable bonds is 5. The Hall–Kier alpha value is -2.41. The van der Waals surface area contributed by atoms with E-state index in [1.807, 2.05) is 0 Å². The molecular weight excluding hydrogens is 322 g/mol. The van der Waals surface area contributed by atoms with Crippen LogP contribution in [0.3, 0.4) is 0 Å². The van der Waals surface area contributed by atoms with Crippen LogP contribution in [0.5, 0.6) is 0 Å². The van der Waals surface area contributed by atoms with Crippen molar-refractivity contribution in [2.75, 3.05) is 16.4 Å². The molecule has 0 spiro atoms. The van der Waals surface area contributed by atoms with Gasteiger partial charge < -0.3 is 10.6 Å². The van der Waals surface area contributed by atoms with Crippen molar-refractivity contribution in [1.29, 1.82) is 0 Å². The summed E-state index contributed by atoms with van der Waals surface area (Å²) < 4.78 is 25.9. The number of nitrogens with one attached hydrogen (secondary N) is 2. The topological polar surface area (TPSA) is 58.2 Å². The Kier molecular flexibility index (Phi) is 5.70. The van der Waals surface area contributed by atoms with E-state index in [1.165, 1.54) is 13.0 Å². The van der Waals surface area contributed by atoms with Crippen molar-refractivity contribution in [1.82, 2.24) is 0 Å². The standard InChI is InChI=1S/C16H14F2N2O2S/c1-10(21)19-11-3-2-4-12(7-11)20-16(22)9-23-13-5-6-14(17)15(18)8-13/h2-8H,9H2,1H3,(H,19,21)(H,20,22). The van der Waals surface area contributed by atoms with Gasteiger partial charge in [0.15, 0.2) is 11.6 Å². The van der Waals surface area contributed by atoms with Crippen LogP contribution in [-0.2, 0) is 9.59 Å². The lowest BCUT2D eigenvalue weighted by molar-refractivity contribution is -0.114. The van der Waals surface area contributed by atoms with E-state index in [0.29, 0.717) is 16.3 Å². The normalized spacial score (nSPS) is 10.2. The predicted molar refractivity (Wildman–Crippen MR) is 86.5 cm³/mol. The molecule has 2 rings (SSSR count). The molecule has 0 aliphatic rings. The van der Waals surface area contributed by atoms with E-state index in [9.17, 15) is 18.4 Å². The Morgan fingerprint density at radius 2 is 1.70 bits per heavy atom. The van der Waals surface area contributed by atoms with Gasteiger partial charge in [0.1, 0.15) is 0 Å². The van der Waals surface area contributed by atoms with E-state index in [0.717, 1.165) is 23.9 Å². The zero-order valence-electron chi connectivity index (χ0n) is 12.2. The maximum Gasteiger partial charge on any atom is 0.234 e. The summed E-state index contributed by atoms with van der Waals surface area (Å²) in [5.41, 5.74) is 1.11. The summed E-state index contributed by atoms with van der Waals surface area (Å²) in [7, 11) is 0. The van der Waals surface area contributed by atoms with Crippen molar-refractivity contribution in [3.8, 4) is 0 Å². The maximum absolute atomic E-state index is 13.1. The molecule has 2 aromatic carbocycles. The van der Waals surface area contributed by atoms with Crippen LogP contribution in [0.2, 0.25) is 0 Å². The van der Waals surface area contributed by atoms with Gasteiger partial charge in [-0.05, 0) is 36.4 Å². The minimum Gasteiger partial charge on any atom is -0.326 e. The summed E-state index contributed by atoms with van der Waals surface area (Å²) >= 11 is 1.10. The number of hydrogen-bond acceptors (Lipinski definition) is 3. The second-order valence-electron chi connectivity index (χ2n) is 4.67. The molecule has 0 heterocycles. The third-order valence-electron chi connectivity index (χ3n) is 2.73. The van der Waals surface area contributed by atoms with E-state index < -0.39 is 11.6 Å². The van der Waals surface area contributed by atoms with Gasteiger partial charge in [0.2, 0.25) is 11.8 Å². The van der Waals surface area contributed by atoms with Crippen LogP contribution in [0.4, 0.5) is 20.2 Å². The summed E-state index contributed by atoms with van der Waals surface area (Å²) in [6, 6.07) is 10.2. The van der Waals surface area contributed by atoms with Gasteiger partial charge in [0.25, 0.3) is 0 Å². The van der Waals surface area contributed by atoms with E-state index >= 15 is 0 Å². The zero-order chi connectivity index (χ0) is 16.8. The fraction of sp³-hybridized carbons (Fsp3) is 0.125. The SMILES string of the molecule is CC(=O)Nc1cccc(NC(=O)CSc2ccc(F)c(F)c2)c1. The molecule has 2 amide bonds. The third-order valence-corrected chi connectivity index (χ3v) is 3.72. The van der Waals surface area contributed by atoms with Gasteiger partial charge in [0.05, 0.1) is 5.75 Å². The van der Waals surface area contributed by atoms with Crippen LogP contribution in [0.1, 0.15) is 6.92 Å². The van der Waals surface area contributed by atoms with E-state index in [4.69, 9.17) is 0 Å². The summed E-state index contributed by atoms with van der Waals surface area (Å²) in [5.74, 6) is -2.32. The summed E-state index contributed by atoms with van der Waals surface area (Å²) in [4.78, 5) is 23.3. The Bertz CT molecular complexity index is 738. The molecule has 0 aliphatic heterocycles. The molecule has 2 N–H and O–H groups in total. The number of carbonyl (C=O) groups excluding carboxylic acids is 2. The summed E-state index contributed by atoms with van der Waals surface area (Å²) in [5, 5.41) is 5.29. The monoisotopic (exact) mass is 336 g/mol. The fourth-order valence-corrected chi connectivity index (χ4v) is 2.51. The highest BCUT2D eigenvalue weighted by atomic mass is 32.2. The largest absolute Gasteiger partial charge is 0.326 e. The zero-order valence-corrected chi connectivity index (χ0v) is 13.0. The quantitative estimate of drug-likeness (QED) is 0.820. The lowest BCUT2D eigenvalue weighted by Crippen LogP contribution is -2.14. The average Bonchev–Trinajstić information content (AvgIpc) is 2.48. The van der Waals surface area contributed by atoms with E-state index in [-0.39, 0.29) is 17.6 Å². The summed E-state index contributed by atoms with van der Waals surface area (Å²) in [6.45, 7) is 1.39. The van der Waals surface area contributed by atoms with Crippen molar-refractivity contribution < 1.29 is 18.4 Å². The second kappa shape index (κ2) is 7.73. The molecule has 7 heteroatoms. The van der Waals surface area contributed by atoms with Gasteiger partial charge in [-0.3, -0.25) is 9.59 Å². The van der Waals surface area contributed by atoms with Gasteiger partial charge in [0, 0.05) is 23.2 Å². The maximum atomic E-state index is 13.1. The molecule has 4 nitrogen and oxygen atoms in total. The molecule has 0 unspecified atom stereocenters. The molecule has 0 saturated heterocycles. The highest BCUT2D eigenvalue weighted by Gasteiger charge is 2.07. The third kappa shape index (κ3) is 5.37. The van der Waals surface area contributed by atoms with E-state index in [1.54, 1.807) is 24.3 Å². The van der Waals surface area contributed by atoms with Crippen LogP contribution in [0.15, 0.2) is 47.4 Å². The molecule has 0 aromatic heterocycles. The summed E-state index contributed by atoms with van der Waals surface area (Å²) in [6.07, 6.45) is 0. The van der Waals surface area contributed by atoms with Crippen molar-refractivity contribution in [3.05, 3.63) is 54.1 Å². The Labute approximate surface area is 136 Å². The number of amides is 2. The van der Waals surface area contributed by atoms with Crippen LogP contribution in [0.25, 0.3) is 0 Å². The molecular formula is C16H14F2N2O2S. The van der Waals surface area contributed by atoms with Gasteiger partial charge >= 0.3 is 0 Å². The predicted octanol–water partition coefficient (Wildman–Crippen LogP) is 3.65. The number of hydrogen-bond donors (Lipinski definition) is 2. The van der Waals surface area contributed by atoms with Gasteiger partial charge in [-0.25, -0.2) is 8.78 Å². The number of halogens is 2. The Morgan fingerprint density at radius 1 is 1.00 bits per heavy atom. The van der Waals surface area contributed by atoms with Crippen molar-refractivity contribution >= 4 is 35.0 Å². The minimum absolute atomic E-state index is 0.0510. The number of carbonyl (C=O) groups is 2. The second-order valence-corrected chi connectivity index (χ2v) is 5.72. The number of thioether (sulfide) groups is 1. The lowest BCUT2D eigenvalue weighted by Gasteiger charge is -2.08. The van der Waals surface area contributed by atoms with Crippen molar-refractivity contribution in [2.24, 2.45) is 0 Å². The Balaban J connectivity index is 1.91. The average molecular weight is 336 g/mol. The molecule has 23 heavy (non-hydrogen) atoms. The molecule has 2 aromatic rings. The van der Waals surface area contributed by atoms with Crippen LogP contribution in [-0.4, -0.2) is 17.6 Å². The van der Waals surface area contributed by atoms with Crippen LogP contribution < -0.4 is 10.6 Å². The highest BCUT2D eigenvalue weighted by Crippen LogP contribution is 2.21. The van der Waals surface area contributed by atoms with Crippen LogP contribution in [0, 0.1) is 11.6 Å². The number of anilines is 2.